The number of halogens is 3. The van der Waals surface area contributed by atoms with Crippen molar-refractivity contribution in [1.82, 2.24) is 5.32 Å². The third-order valence-corrected chi connectivity index (χ3v) is 4.38. The summed E-state index contributed by atoms with van der Waals surface area (Å²) in [5.41, 5.74) is 1.76. The maximum absolute atomic E-state index is 14.0. The molecule has 20 heavy (non-hydrogen) atoms. The predicted octanol–water partition coefficient (Wildman–Crippen LogP) is 4.22. The lowest BCUT2D eigenvalue weighted by Crippen LogP contribution is -2.58. The maximum atomic E-state index is 14.0. The van der Waals surface area contributed by atoms with Gasteiger partial charge in [-0.2, -0.15) is 0 Å². The lowest BCUT2D eigenvalue weighted by molar-refractivity contribution is 0.272. The molecule has 1 N–H and O–H groups in total. The van der Waals surface area contributed by atoms with Gasteiger partial charge in [-0.3, -0.25) is 0 Å². The summed E-state index contributed by atoms with van der Waals surface area (Å²) in [6.07, 6.45) is 0.642. The summed E-state index contributed by atoms with van der Waals surface area (Å²) in [7, 11) is 0. The molecule has 0 radical (unpaired) electrons. The second-order valence-electron chi connectivity index (χ2n) is 5.31. The van der Waals surface area contributed by atoms with Gasteiger partial charge in [-0.05, 0) is 41.8 Å². The summed E-state index contributed by atoms with van der Waals surface area (Å²) in [6, 6.07) is 12.7. The number of nitrogens with one attached hydrogen (secondary N) is 1. The highest BCUT2D eigenvalue weighted by Gasteiger charge is 2.39. The number of hydrogen-bond donors (Lipinski definition) is 1. The standard InChI is InChI=1S/C16H14Cl2FN/c17-13-3-1-2-12(6-13)16(9-20-10-16)8-11-4-5-14(18)7-15(11)19/h1-7,20H,8-10H2. The van der Waals surface area contributed by atoms with Crippen LogP contribution in [0.4, 0.5) is 4.39 Å². The predicted molar refractivity (Wildman–Crippen MR) is 81.1 cm³/mol. The summed E-state index contributed by atoms with van der Waals surface area (Å²) in [6.45, 7) is 1.66. The molecule has 0 saturated carbocycles. The zero-order valence-corrected chi connectivity index (χ0v) is 12.3. The third-order valence-electron chi connectivity index (χ3n) is 3.91. The molecule has 2 aromatic carbocycles. The maximum Gasteiger partial charge on any atom is 0.127 e. The van der Waals surface area contributed by atoms with E-state index in [1.54, 1.807) is 12.1 Å². The Kier molecular flexibility index (Phi) is 3.72. The summed E-state index contributed by atoms with van der Waals surface area (Å²) < 4.78 is 14.0. The lowest BCUT2D eigenvalue weighted by Gasteiger charge is -2.43. The molecule has 0 amide bonds. The summed E-state index contributed by atoms with van der Waals surface area (Å²) in [5, 5.41) is 4.42. The Hall–Kier alpha value is -1.09. The molecule has 1 saturated heterocycles. The van der Waals surface area contributed by atoms with Crippen molar-refractivity contribution in [3.05, 3.63) is 69.5 Å². The fourth-order valence-electron chi connectivity index (χ4n) is 2.71. The summed E-state index contributed by atoms with van der Waals surface area (Å²) >= 11 is 11.9. The molecule has 0 aliphatic carbocycles. The van der Waals surface area contributed by atoms with Gasteiger partial charge in [0.15, 0.2) is 0 Å². The fraction of sp³-hybridized carbons (Fsp3) is 0.250. The quantitative estimate of drug-likeness (QED) is 0.895. The molecule has 3 rings (SSSR count). The lowest BCUT2D eigenvalue weighted by atomic mass is 9.71. The van der Waals surface area contributed by atoms with Crippen LogP contribution in [0.3, 0.4) is 0 Å². The molecule has 0 bridgehead atoms. The van der Waals surface area contributed by atoms with Crippen LogP contribution in [0, 0.1) is 5.82 Å². The molecule has 0 spiro atoms. The van der Waals surface area contributed by atoms with Crippen molar-refractivity contribution in [3.63, 3.8) is 0 Å². The van der Waals surface area contributed by atoms with E-state index in [1.165, 1.54) is 6.07 Å². The van der Waals surface area contributed by atoms with Crippen molar-refractivity contribution >= 4 is 23.2 Å². The van der Waals surface area contributed by atoms with E-state index in [1.807, 2.05) is 18.2 Å². The van der Waals surface area contributed by atoms with Crippen LogP contribution < -0.4 is 5.32 Å². The van der Waals surface area contributed by atoms with Gasteiger partial charge in [0, 0.05) is 28.5 Å². The highest BCUT2D eigenvalue weighted by molar-refractivity contribution is 6.30. The first-order valence-electron chi connectivity index (χ1n) is 6.50. The second kappa shape index (κ2) is 5.36. The van der Waals surface area contributed by atoms with Crippen molar-refractivity contribution in [2.75, 3.05) is 13.1 Å². The Balaban J connectivity index is 1.94. The molecular weight excluding hydrogens is 296 g/mol. The van der Waals surface area contributed by atoms with E-state index in [4.69, 9.17) is 23.2 Å². The van der Waals surface area contributed by atoms with E-state index in [0.717, 1.165) is 18.7 Å². The van der Waals surface area contributed by atoms with Gasteiger partial charge in [0.1, 0.15) is 5.82 Å². The minimum Gasteiger partial charge on any atom is -0.315 e. The van der Waals surface area contributed by atoms with Crippen molar-refractivity contribution in [2.45, 2.75) is 11.8 Å². The topological polar surface area (TPSA) is 12.0 Å². The van der Waals surface area contributed by atoms with Gasteiger partial charge in [-0.1, -0.05) is 41.4 Å². The molecule has 1 nitrogen and oxygen atoms in total. The number of rotatable bonds is 3. The highest BCUT2D eigenvalue weighted by Crippen LogP contribution is 2.34. The van der Waals surface area contributed by atoms with Gasteiger partial charge < -0.3 is 5.32 Å². The average molecular weight is 310 g/mol. The minimum absolute atomic E-state index is 0.0838. The van der Waals surface area contributed by atoms with Crippen LogP contribution in [0.5, 0.6) is 0 Å². The molecule has 4 heteroatoms. The Bertz CT molecular complexity index is 638. The van der Waals surface area contributed by atoms with Crippen LogP contribution in [0.1, 0.15) is 11.1 Å². The zero-order chi connectivity index (χ0) is 14.2. The van der Waals surface area contributed by atoms with E-state index < -0.39 is 0 Å². The van der Waals surface area contributed by atoms with Crippen molar-refractivity contribution in [1.29, 1.82) is 0 Å². The molecule has 2 aromatic rings. The Morgan fingerprint density at radius 2 is 1.80 bits per heavy atom. The minimum atomic E-state index is -0.245. The molecule has 1 aliphatic heterocycles. The molecule has 0 aromatic heterocycles. The van der Waals surface area contributed by atoms with Crippen LogP contribution in [0.25, 0.3) is 0 Å². The van der Waals surface area contributed by atoms with Crippen LogP contribution in [-0.4, -0.2) is 13.1 Å². The summed E-state index contributed by atoms with van der Waals surface area (Å²) in [5.74, 6) is -0.245. The number of hydrogen-bond acceptors (Lipinski definition) is 1. The first-order chi connectivity index (χ1) is 9.59. The van der Waals surface area contributed by atoms with Gasteiger partial charge in [0.2, 0.25) is 0 Å². The number of benzene rings is 2. The molecular formula is C16H14Cl2FN. The van der Waals surface area contributed by atoms with Crippen LogP contribution in [0.15, 0.2) is 42.5 Å². The van der Waals surface area contributed by atoms with Crippen LogP contribution >= 0.6 is 23.2 Å². The molecule has 1 fully saturated rings. The van der Waals surface area contributed by atoms with Gasteiger partial charge >= 0.3 is 0 Å². The average Bonchev–Trinajstić information content (AvgIpc) is 2.36. The van der Waals surface area contributed by atoms with E-state index in [0.29, 0.717) is 22.0 Å². The second-order valence-corrected chi connectivity index (χ2v) is 6.18. The smallest absolute Gasteiger partial charge is 0.127 e. The molecule has 104 valence electrons. The zero-order valence-electron chi connectivity index (χ0n) is 10.8. The first-order valence-corrected chi connectivity index (χ1v) is 7.25. The van der Waals surface area contributed by atoms with Crippen LogP contribution in [-0.2, 0) is 11.8 Å². The molecule has 1 heterocycles. The van der Waals surface area contributed by atoms with Gasteiger partial charge in [0.25, 0.3) is 0 Å². The van der Waals surface area contributed by atoms with E-state index >= 15 is 0 Å². The fourth-order valence-corrected chi connectivity index (χ4v) is 3.06. The van der Waals surface area contributed by atoms with Gasteiger partial charge in [-0.15, -0.1) is 0 Å². The monoisotopic (exact) mass is 309 g/mol. The normalized spacial score (nSPS) is 16.8. The Morgan fingerprint density at radius 3 is 2.40 bits per heavy atom. The SMILES string of the molecule is Fc1cc(Cl)ccc1CC1(c2cccc(Cl)c2)CNC1. The third kappa shape index (κ3) is 2.56. The van der Waals surface area contributed by atoms with Crippen LogP contribution in [0.2, 0.25) is 10.0 Å². The van der Waals surface area contributed by atoms with E-state index in [2.05, 4.69) is 11.4 Å². The molecule has 1 aliphatic rings. The van der Waals surface area contributed by atoms with Gasteiger partial charge in [0.05, 0.1) is 0 Å². The highest BCUT2D eigenvalue weighted by atomic mass is 35.5. The first kappa shape index (κ1) is 13.9. The van der Waals surface area contributed by atoms with Gasteiger partial charge in [-0.25, -0.2) is 4.39 Å². The van der Waals surface area contributed by atoms with Crippen molar-refractivity contribution in [3.8, 4) is 0 Å². The van der Waals surface area contributed by atoms with Crippen molar-refractivity contribution in [2.24, 2.45) is 0 Å². The Labute approximate surface area is 127 Å². The summed E-state index contributed by atoms with van der Waals surface area (Å²) in [4.78, 5) is 0. The van der Waals surface area contributed by atoms with E-state index in [9.17, 15) is 4.39 Å². The molecule has 0 unspecified atom stereocenters. The molecule has 0 atom stereocenters. The van der Waals surface area contributed by atoms with E-state index in [-0.39, 0.29) is 11.2 Å². The Morgan fingerprint density at radius 1 is 1.05 bits per heavy atom. The largest absolute Gasteiger partial charge is 0.315 e. The van der Waals surface area contributed by atoms with Crippen molar-refractivity contribution < 1.29 is 4.39 Å².